The van der Waals surface area contributed by atoms with Crippen molar-refractivity contribution in [3.05, 3.63) is 42.0 Å². The molecule has 3 aliphatic rings. The number of allylic oxidation sites excluding steroid dienone is 1. The maximum absolute atomic E-state index is 10.6. The summed E-state index contributed by atoms with van der Waals surface area (Å²) in [5, 5.41) is 20.4. The fraction of sp³-hybridized carbons (Fsp3) is 0.600. The molecule has 0 aromatic heterocycles. The van der Waals surface area contributed by atoms with E-state index in [9.17, 15) is 10.2 Å². The molecule has 6 atom stereocenters. The molecule has 0 amide bonds. The molecule has 2 nitrogen and oxygen atoms in total. The highest BCUT2D eigenvalue weighted by molar-refractivity contribution is 5.41. The summed E-state index contributed by atoms with van der Waals surface area (Å²) in [6.07, 6.45) is 7.59. The summed E-state index contributed by atoms with van der Waals surface area (Å²) in [6.45, 7) is 6.52. The molecule has 2 heteroatoms. The van der Waals surface area contributed by atoms with E-state index in [4.69, 9.17) is 0 Å². The molecule has 0 aliphatic heterocycles. The lowest BCUT2D eigenvalue weighted by atomic mass is 9.54. The number of aliphatic hydroxyl groups excluding tert-OH is 1. The van der Waals surface area contributed by atoms with Crippen molar-refractivity contribution in [3.8, 4) is 5.75 Å². The molecule has 0 bridgehead atoms. The Kier molecular flexibility index (Phi) is 3.16. The van der Waals surface area contributed by atoms with Gasteiger partial charge in [-0.25, -0.2) is 0 Å². The number of aliphatic hydroxyl groups is 1. The van der Waals surface area contributed by atoms with Crippen LogP contribution in [0.3, 0.4) is 0 Å². The molecule has 1 unspecified atom stereocenters. The van der Waals surface area contributed by atoms with E-state index in [0.717, 1.165) is 12.0 Å². The molecule has 2 saturated carbocycles. The predicted molar refractivity (Wildman–Crippen MR) is 87.7 cm³/mol. The standard InChI is InChI=1S/C20H26O2/c1-3-12-4-7-18-16-11-19(22)17-10-13(21)5-6-14(17)15(16)8-9-20(12,18)2/h3,5-6,10,12,15-16,18-19,21-22H,1,4,7-9,11H2,2H3/t12-,15+,16+,18-,19?,20+/m0/s1. The van der Waals surface area contributed by atoms with Gasteiger partial charge in [-0.3, -0.25) is 0 Å². The largest absolute Gasteiger partial charge is 0.508 e. The quantitative estimate of drug-likeness (QED) is 0.747. The van der Waals surface area contributed by atoms with E-state index in [1.54, 1.807) is 12.1 Å². The Morgan fingerprint density at radius 2 is 2.05 bits per heavy atom. The van der Waals surface area contributed by atoms with Crippen LogP contribution in [0.15, 0.2) is 30.9 Å². The number of aromatic hydroxyl groups is 1. The second kappa shape index (κ2) is 4.86. The Morgan fingerprint density at radius 1 is 1.23 bits per heavy atom. The number of benzene rings is 1. The average Bonchev–Trinajstić information content (AvgIpc) is 2.84. The minimum absolute atomic E-state index is 0.268. The zero-order valence-corrected chi connectivity index (χ0v) is 13.3. The summed E-state index contributed by atoms with van der Waals surface area (Å²) in [5.41, 5.74) is 2.62. The maximum atomic E-state index is 10.6. The van der Waals surface area contributed by atoms with Gasteiger partial charge in [-0.15, -0.1) is 6.58 Å². The van der Waals surface area contributed by atoms with E-state index >= 15 is 0 Å². The molecule has 0 spiro atoms. The highest BCUT2D eigenvalue weighted by atomic mass is 16.3. The Balaban J connectivity index is 1.74. The second-order valence-electron chi connectivity index (χ2n) is 7.91. The van der Waals surface area contributed by atoms with Crippen LogP contribution in [0.2, 0.25) is 0 Å². The normalized spacial score (nSPS) is 43.1. The predicted octanol–water partition coefficient (Wildman–Crippen LogP) is 4.54. The second-order valence-corrected chi connectivity index (χ2v) is 7.91. The molecule has 22 heavy (non-hydrogen) atoms. The number of fused-ring (bicyclic) bond motifs is 5. The van der Waals surface area contributed by atoms with Crippen molar-refractivity contribution >= 4 is 0 Å². The molecular weight excluding hydrogens is 272 g/mol. The molecule has 1 aromatic rings. The van der Waals surface area contributed by atoms with Crippen LogP contribution >= 0.6 is 0 Å². The number of phenols is 1. The lowest BCUT2D eigenvalue weighted by molar-refractivity contribution is 0.00646. The van der Waals surface area contributed by atoms with Crippen LogP contribution in [0, 0.1) is 23.2 Å². The van der Waals surface area contributed by atoms with Crippen molar-refractivity contribution in [3.63, 3.8) is 0 Å². The van der Waals surface area contributed by atoms with Crippen LogP contribution in [-0.2, 0) is 0 Å². The minimum Gasteiger partial charge on any atom is -0.508 e. The van der Waals surface area contributed by atoms with Crippen LogP contribution < -0.4 is 0 Å². The van der Waals surface area contributed by atoms with Gasteiger partial charge in [-0.2, -0.15) is 0 Å². The van der Waals surface area contributed by atoms with E-state index in [-0.39, 0.29) is 5.75 Å². The third-order valence-electron chi connectivity index (χ3n) is 7.12. The number of hydrogen-bond donors (Lipinski definition) is 2. The smallest absolute Gasteiger partial charge is 0.115 e. The molecule has 4 rings (SSSR count). The van der Waals surface area contributed by atoms with E-state index in [1.807, 2.05) is 6.07 Å². The van der Waals surface area contributed by atoms with Gasteiger partial charge in [-0.1, -0.05) is 19.1 Å². The van der Waals surface area contributed by atoms with Crippen LogP contribution in [0.4, 0.5) is 0 Å². The third-order valence-corrected chi connectivity index (χ3v) is 7.12. The zero-order valence-electron chi connectivity index (χ0n) is 13.3. The van der Waals surface area contributed by atoms with Gasteiger partial charge in [0.25, 0.3) is 0 Å². The van der Waals surface area contributed by atoms with Gasteiger partial charge in [0.1, 0.15) is 5.75 Å². The summed E-state index contributed by atoms with van der Waals surface area (Å²) >= 11 is 0. The minimum atomic E-state index is -0.423. The molecule has 1 aromatic carbocycles. The molecule has 0 saturated heterocycles. The van der Waals surface area contributed by atoms with Crippen molar-refractivity contribution in [1.82, 2.24) is 0 Å². The molecular formula is C20H26O2. The summed E-state index contributed by atoms with van der Waals surface area (Å²) < 4.78 is 0. The Labute approximate surface area is 132 Å². The number of rotatable bonds is 1. The first-order valence-electron chi connectivity index (χ1n) is 8.68. The summed E-state index contributed by atoms with van der Waals surface area (Å²) in [4.78, 5) is 0. The average molecular weight is 298 g/mol. The van der Waals surface area contributed by atoms with Crippen molar-refractivity contribution in [2.75, 3.05) is 0 Å². The summed E-state index contributed by atoms with van der Waals surface area (Å²) in [7, 11) is 0. The van der Waals surface area contributed by atoms with Gasteiger partial charge >= 0.3 is 0 Å². The zero-order chi connectivity index (χ0) is 15.5. The van der Waals surface area contributed by atoms with Gasteiger partial charge in [0.2, 0.25) is 0 Å². The van der Waals surface area contributed by atoms with E-state index < -0.39 is 6.10 Å². The maximum Gasteiger partial charge on any atom is 0.115 e. The molecule has 2 fully saturated rings. The fourth-order valence-electron chi connectivity index (χ4n) is 6.00. The van der Waals surface area contributed by atoms with Crippen LogP contribution in [0.25, 0.3) is 0 Å². The summed E-state index contributed by atoms with van der Waals surface area (Å²) in [6, 6.07) is 5.60. The first-order valence-corrected chi connectivity index (χ1v) is 8.68. The first-order chi connectivity index (χ1) is 10.5. The molecule has 0 heterocycles. The number of hydrogen-bond acceptors (Lipinski definition) is 2. The molecule has 118 valence electrons. The topological polar surface area (TPSA) is 40.5 Å². The molecule has 2 N–H and O–H groups in total. The highest BCUT2D eigenvalue weighted by Gasteiger charge is 2.54. The van der Waals surface area contributed by atoms with Gasteiger partial charge in [0.15, 0.2) is 0 Å². The van der Waals surface area contributed by atoms with Gasteiger partial charge < -0.3 is 10.2 Å². The van der Waals surface area contributed by atoms with Crippen molar-refractivity contribution < 1.29 is 10.2 Å². The third kappa shape index (κ3) is 1.83. The Hall–Kier alpha value is -1.28. The van der Waals surface area contributed by atoms with Crippen LogP contribution in [0.1, 0.15) is 62.2 Å². The van der Waals surface area contributed by atoms with Gasteiger partial charge in [0.05, 0.1) is 6.10 Å². The SMILES string of the molecule is C=C[C@H]1CC[C@H]2[C@@H]3CC(O)c4cc(O)ccc4[C@H]3CC[C@]12C. The first kappa shape index (κ1) is 14.3. The monoisotopic (exact) mass is 298 g/mol. The number of phenolic OH excluding ortho intramolecular Hbond substituents is 1. The van der Waals surface area contributed by atoms with Crippen molar-refractivity contribution in [2.45, 2.75) is 51.0 Å². The van der Waals surface area contributed by atoms with Crippen molar-refractivity contribution in [1.29, 1.82) is 0 Å². The Morgan fingerprint density at radius 3 is 2.82 bits per heavy atom. The Bertz CT molecular complexity index is 608. The van der Waals surface area contributed by atoms with E-state index in [0.29, 0.717) is 29.1 Å². The molecule has 0 radical (unpaired) electrons. The van der Waals surface area contributed by atoms with Gasteiger partial charge in [0, 0.05) is 0 Å². The summed E-state index contributed by atoms with van der Waals surface area (Å²) in [5.74, 6) is 2.74. The lowest BCUT2D eigenvalue weighted by Crippen LogP contribution is -2.42. The van der Waals surface area contributed by atoms with Crippen molar-refractivity contribution in [2.24, 2.45) is 23.2 Å². The lowest BCUT2D eigenvalue weighted by Gasteiger charge is -2.51. The van der Waals surface area contributed by atoms with Gasteiger partial charge in [-0.05, 0) is 84.5 Å². The fourth-order valence-corrected chi connectivity index (χ4v) is 6.00. The highest BCUT2D eigenvalue weighted by Crippen LogP contribution is 2.64. The van der Waals surface area contributed by atoms with E-state index in [1.165, 1.54) is 31.2 Å². The van der Waals surface area contributed by atoms with E-state index in [2.05, 4.69) is 19.6 Å². The van der Waals surface area contributed by atoms with Crippen LogP contribution in [-0.4, -0.2) is 10.2 Å². The molecule has 3 aliphatic carbocycles. The van der Waals surface area contributed by atoms with Crippen LogP contribution in [0.5, 0.6) is 5.75 Å².